The van der Waals surface area contributed by atoms with Crippen LogP contribution in [0.1, 0.15) is 15.9 Å². The molecule has 0 atom stereocenters. The van der Waals surface area contributed by atoms with E-state index in [4.69, 9.17) is 5.73 Å². The van der Waals surface area contributed by atoms with Crippen molar-refractivity contribution in [2.24, 2.45) is 5.73 Å². The van der Waals surface area contributed by atoms with Gasteiger partial charge in [-0.2, -0.15) is 11.3 Å². The third-order valence-electron chi connectivity index (χ3n) is 3.95. The minimum absolute atomic E-state index is 0.387. The van der Waals surface area contributed by atoms with Crippen LogP contribution in [0.3, 0.4) is 0 Å². The first kappa shape index (κ1) is 14.0. The largest absolute Gasteiger partial charge is 0.366 e. The van der Waals surface area contributed by atoms with Crippen molar-refractivity contribution in [3.63, 3.8) is 0 Å². The summed E-state index contributed by atoms with van der Waals surface area (Å²) in [6.07, 6.45) is 0. The number of primary amides is 1. The van der Waals surface area contributed by atoms with Gasteiger partial charge in [-0.15, -0.1) is 0 Å². The summed E-state index contributed by atoms with van der Waals surface area (Å²) in [6, 6.07) is 13.3. The number of benzene rings is 2. The summed E-state index contributed by atoms with van der Waals surface area (Å²) in [5, 5.41) is 5.33. The van der Waals surface area contributed by atoms with Crippen LogP contribution in [0.25, 0.3) is 21.8 Å². The number of hydrogen-bond acceptors (Lipinski definition) is 2. The lowest BCUT2D eigenvalue weighted by molar-refractivity contribution is 0.100. The fraction of sp³-hybridized carbons (Fsp3) is 0.0556. The molecule has 2 aromatic heterocycles. The molecule has 4 aromatic rings. The molecule has 0 spiro atoms. The van der Waals surface area contributed by atoms with E-state index in [0.717, 1.165) is 16.6 Å². The van der Waals surface area contributed by atoms with Gasteiger partial charge in [0.15, 0.2) is 0 Å². The molecule has 1 radical (unpaired) electrons. The maximum Gasteiger partial charge on any atom is 0.249 e. The number of aromatic nitrogens is 1. The molecule has 2 aromatic carbocycles. The summed E-state index contributed by atoms with van der Waals surface area (Å²) in [5.74, 6) is -0.978. The normalized spacial score (nSPS) is 11.3. The average molecular weight is 323 g/mol. The van der Waals surface area contributed by atoms with E-state index < -0.39 is 11.7 Å². The van der Waals surface area contributed by atoms with Crippen LogP contribution in [-0.4, -0.2) is 10.5 Å². The first-order valence-electron chi connectivity index (χ1n) is 7.09. The zero-order chi connectivity index (χ0) is 16.0. The number of nitrogens with zero attached hydrogens (tertiary/aromatic N) is 1. The van der Waals surface area contributed by atoms with Crippen LogP contribution in [0.5, 0.6) is 0 Å². The molecule has 0 unspecified atom stereocenters. The van der Waals surface area contributed by atoms with E-state index in [-0.39, 0.29) is 0 Å². The van der Waals surface area contributed by atoms with Gasteiger partial charge in [0.05, 0.1) is 11.0 Å². The van der Waals surface area contributed by atoms with Crippen LogP contribution >= 0.6 is 11.3 Å². The second-order valence-electron chi connectivity index (χ2n) is 5.35. The van der Waals surface area contributed by atoms with Crippen molar-refractivity contribution in [2.75, 3.05) is 0 Å². The second kappa shape index (κ2) is 5.21. The second-order valence-corrected chi connectivity index (χ2v) is 6.13. The summed E-state index contributed by atoms with van der Waals surface area (Å²) >= 11 is 1.63. The third kappa shape index (κ3) is 2.21. The third-order valence-corrected chi connectivity index (χ3v) is 4.68. The maximum atomic E-state index is 13.7. The molecule has 2 N–H and O–H groups in total. The molecule has 1 amide bonds. The highest BCUT2D eigenvalue weighted by Crippen LogP contribution is 2.32. The molecule has 0 fully saturated rings. The van der Waals surface area contributed by atoms with E-state index in [9.17, 15) is 9.18 Å². The van der Waals surface area contributed by atoms with Crippen LogP contribution < -0.4 is 5.73 Å². The van der Waals surface area contributed by atoms with Gasteiger partial charge in [0, 0.05) is 28.9 Å². The smallest absolute Gasteiger partial charge is 0.249 e. The Morgan fingerprint density at radius 2 is 2.09 bits per heavy atom. The number of carbonyl (C=O) groups excluding carboxylic acids is 1. The van der Waals surface area contributed by atoms with Gasteiger partial charge in [-0.05, 0) is 46.7 Å². The number of fused-ring (bicyclic) bond motifs is 3. The van der Waals surface area contributed by atoms with Crippen molar-refractivity contribution in [1.29, 1.82) is 0 Å². The molecular formula is C18H12FN2OS. The van der Waals surface area contributed by atoms with E-state index >= 15 is 0 Å². The fourth-order valence-corrected chi connectivity index (χ4v) is 3.63. The van der Waals surface area contributed by atoms with E-state index in [1.54, 1.807) is 29.5 Å². The number of hydrogen-bond donors (Lipinski definition) is 1. The summed E-state index contributed by atoms with van der Waals surface area (Å²) in [5.41, 5.74) is 8.73. The van der Waals surface area contributed by atoms with E-state index in [1.165, 1.54) is 6.07 Å². The van der Waals surface area contributed by atoms with Gasteiger partial charge >= 0.3 is 0 Å². The summed E-state index contributed by atoms with van der Waals surface area (Å²) < 4.78 is 15.8. The van der Waals surface area contributed by atoms with Crippen LogP contribution in [-0.2, 0) is 6.54 Å². The lowest BCUT2D eigenvalue weighted by Gasteiger charge is -2.06. The molecule has 2 heterocycles. The number of thiophene rings is 1. The SMILES string of the molecule is NC(=O)c1cccc2c1c1[c]c(F)ccc1n2Cc1ccsc1. The van der Waals surface area contributed by atoms with Gasteiger partial charge in [-0.3, -0.25) is 4.79 Å². The van der Waals surface area contributed by atoms with Crippen molar-refractivity contribution in [3.8, 4) is 0 Å². The van der Waals surface area contributed by atoms with Crippen molar-refractivity contribution >= 4 is 39.0 Å². The van der Waals surface area contributed by atoms with Crippen molar-refractivity contribution in [2.45, 2.75) is 6.54 Å². The molecule has 0 saturated heterocycles. The molecule has 0 aliphatic rings. The molecule has 23 heavy (non-hydrogen) atoms. The Hall–Kier alpha value is -2.66. The van der Waals surface area contributed by atoms with Crippen LogP contribution in [0.4, 0.5) is 4.39 Å². The molecule has 113 valence electrons. The van der Waals surface area contributed by atoms with Gasteiger partial charge < -0.3 is 10.3 Å². The predicted molar refractivity (Wildman–Crippen MR) is 90.2 cm³/mol. The lowest BCUT2D eigenvalue weighted by atomic mass is 10.1. The Morgan fingerprint density at radius 3 is 2.83 bits per heavy atom. The topological polar surface area (TPSA) is 48.0 Å². The Balaban J connectivity index is 2.11. The van der Waals surface area contributed by atoms with Gasteiger partial charge in [0.1, 0.15) is 5.82 Å². The van der Waals surface area contributed by atoms with Crippen molar-refractivity contribution in [1.82, 2.24) is 4.57 Å². The quantitative estimate of drug-likeness (QED) is 0.610. The van der Waals surface area contributed by atoms with Gasteiger partial charge in [-0.25, -0.2) is 4.39 Å². The number of rotatable bonds is 3. The molecule has 0 saturated carbocycles. The summed E-state index contributed by atoms with van der Waals surface area (Å²) in [6.45, 7) is 0.644. The highest BCUT2D eigenvalue weighted by Gasteiger charge is 2.17. The molecule has 0 aliphatic heterocycles. The highest BCUT2D eigenvalue weighted by atomic mass is 32.1. The lowest BCUT2D eigenvalue weighted by Crippen LogP contribution is -2.11. The minimum atomic E-state index is -0.525. The summed E-state index contributed by atoms with van der Waals surface area (Å²) in [7, 11) is 0. The maximum absolute atomic E-state index is 13.7. The van der Waals surface area contributed by atoms with Crippen LogP contribution in [0.15, 0.2) is 47.2 Å². The van der Waals surface area contributed by atoms with Gasteiger partial charge in [0.25, 0.3) is 0 Å². The van der Waals surface area contributed by atoms with E-state index in [1.807, 2.05) is 17.5 Å². The number of carbonyl (C=O) groups is 1. The average Bonchev–Trinajstić information content (AvgIpc) is 3.14. The number of halogens is 1. The fourth-order valence-electron chi connectivity index (χ4n) is 2.97. The standard InChI is InChI=1S/C18H12FN2OS/c19-12-4-5-15-14(8-12)17-13(18(20)22)2-1-3-16(17)21(15)9-11-6-7-23-10-11/h1-7,10H,9H2,(H2,20,22). The first-order valence-corrected chi connectivity index (χ1v) is 8.03. The Bertz CT molecular complexity index is 1030. The van der Waals surface area contributed by atoms with E-state index in [2.05, 4.69) is 16.0 Å². The Labute approximate surface area is 135 Å². The van der Waals surface area contributed by atoms with Gasteiger partial charge in [0.2, 0.25) is 5.91 Å². The number of amides is 1. The first-order chi connectivity index (χ1) is 11.1. The predicted octanol–water partition coefficient (Wildman–Crippen LogP) is 3.94. The van der Waals surface area contributed by atoms with Crippen molar-refractivity contribution < 1.29 is 9.18 Å². The monoisotopic (exact) mass is 323 g/mol. The Kier molecular flexibility index (Phi) is 3.16. The Morgan fingerprint density at radius 1 is 1.22 bits per heavy atom. The molecule has 5 heteroatoms. The highest BCUT2D eigenvalue weighted by molar-refractivity contribution is 7.07. The molecule has 4 rings (SSSR count). The molecule has 0 bridgehead atoms. The van der Waals surface area contributed by atoms with Gasteiger partial charge in [-0.1, -0.05) is 6.07 Å². The van der Waals surface area contributed by atoms with Crippen molar-refractivity contribution in [3.05, 3.63) is 70.2 Å². The number of nitrogens with two attached hydrogens (primary N) is 1. The molecule has 3 nitrogen and oxygen atoms in total. The minimum Gasteiger partial charge on any atom is -0.366 e. The van der Waals surface area contributed by atoms with Crippen LogP contribution in [0, 0.1) is 11.9 Å². The molecular weight excluding hydrogens is 311 g/mol. The summed E-state index contributed by atoms with van der Waals surface area (Å²) in [4.78, 5) is 11.8. The van der Waals surface area contributed by atoms with Crippen LogP contribution in [0.2, 0.25) is 0 Å². The zero-order valence-electron chi connectivity index (χ0n) is 12.0. The van der Waals surface area contributed by atoms with E-state index in [0.29, 0.717) is 22.9 Å². The molecule has 0 aliphatic carbocycles. The zero-order valence-corrected chi connectivity index (χ0v) is 12.9.